The quantitative estimate of drug-likeness (QED) is 0.598. The van der Waals surface area contributed by atoms with E-state index in [0.29, 0.717) is 5.56 Å². The number of benzene rings is 1. The van der Waals surface area contributed by atoms with Gasteiger partial charge in [0.15, 0.2) is 0 Å². The van der Waals surface area contributed by atoms with Crippen LogP contribution in [0.1, 0.15) is 10.4 Å². The Labute approximate surface area is 94.2 Å². The van der Waals surface area contributed by atoms with Crippen LogP contribution in [0.15, 0.2) is 43.0 Å². The van der Waals surface area contributed by atoms with E-state index in [1.165, 1.54) is 6.08 Å². The van der Waals surface area contributed by atoms with E-state index in [-0.39, 0.29) is 5.75 Å². The Hall–Kier alpha value is -1.66. The van der Waals surface area contributed by atoms with Gasteiger partial charge in [-0.1, -0.05) is 24.3 Å². The van der Waals surface area contributed by atoms with Crippen LogP contribution in [0.3, 0.4) is 0 Å². The van der Waals surface area contributed by atoms with E-state index < -0.39 is 15.9 Å². The van der Waals surface area contributed by atoms with E-state index in [0.717, 1.165) is 0 Å². The SMILES string of the molecule is C=CCS(=O)(=O)[N]NC(=O)c1ccccc1. The molecule has 0 aliphatic rings. The van der Waals surface area contributed by atoms with Gasteiger partial charge in [0.2, 0.25) is 0 Å². The Morgan fingerprint density at radius 3 is 2.56 bits per heavy atom. The first-order chi connectivity index (χ1) is 7.55. The van der Waals surface area contributed by atoms with Crippen LogP contribution in [0.25, 0.3) is 0 Å². The number of nitrogens with zero attached hydrogens (tertiary/aromatic N) is 1. The molecule has 0 aliphatic carbocycles. The predicted octanol–water partition coefficient (Wildman–Crippen LogP) is 0.452. The number of hydrogen-bond acceptors (Lipinski definition) is 3. The second-order valence-corrected chi connectivity index (χ2v) is 4.62. The largest absolute Gasteiger partial charge is 0.268 e. The Kier molecular flexibility index (Phi) is 4.21. The van der Waals surface area contributed by atoms with Crippen LogP contribution < -0.4 is 10.3 Å². The molecule has 85 valence electrons. The van der Waals surface area contributed by atoms with E-state index in [1.807, 2.05) is 5.43 Å². The second kappa shape index (κ2) is 5.43. The third-order valence-electron chi connectivity index (χ3n) is 1.65. The van der Waals surface area contributed by atoms with Crippen LogP contribution in [0, 0.1) is 0 Å². The van der Waals surface area contributed by atoms with E-state index in [4.69, 9.17) is 0 Å². The number of sulfonamides is 1. The zero-order valence-electron chi connectivity index (χ0n) is 8.46. The minimum absolute atomic E-state index is 0.304. The summed E-state index contributed by atoms with van der Waals surface area (Å²) in [6.45, 7) is 3.28. The summed E-state index contributed by atoms with van der Waals surface area (Å²) >= 11 is 0. The molecule has 16 heavy (non-hydrogen) atoms. The standard InChI is InChI=1S/C10H11N2O3S/c1-2-8-16(14,15)12-11-10(13)9-6-4-3-5-7-9/h2-7H,1,8H2,(H,11,13). The molecule has 0 spiro atoms. The molecule has 0 saturated carbocycles. The van der Waals surface area contributed by atoms with Crippen molar-refractivity contribution >= 4 is 15.9 Å². The zero-order chi connectivity index (χ0) is 12.0. The van der Waals surface area contributed by atoms with Gasteiger partial charge >= 0.3 is 0 Å². The summed E-state index contributed by atoms with van der Waals surface area (Å²) in [6, 6.07) is 8.22. The Morgan fingerprint density at radius 1 is 1.38 bits per heavy atom. The van der Waals surface area contributed by atoms with Crippen molar-refractivity contribution < 1.29 is 13.2 Å². The summed E-state index contributed by atoms with van der Waals surface area (Å²) < 4.78 is 22.2. The fourth-order valence-corrected chi connectivity index (χ4v) is 1.55. The molecule has 0 heterocycles. The molecule has 5 nitrogen and oxygen atoms in total. The first-order valence-corrected chi connectivity index (χ1v) is 6.07. The van der Waals surface area contributed by atoms with Crippen LogP contribution >= 0.6 is 0 Å². The molecule has 0 unspecified atom stereocenters. The monoisotopic (exact) mass is 239 g/mol. The first-order valence-electron chi connectivity index (χ1n) is 4.46. The molecule has 1 amide bonds. The van der Waals surface area contributed by atoms with Crippen molar-refractivity contribution in [3.8, 4) is 0 Å². The lowest BCUT2D eigenvalue weighted by Crippen LogP contribution is -2.36. The van der Waals surface area contributed by atoms with Gasteiger partial charge in [-0.3, -0.25) is 10.2 Å². The van der Waals surface area contributed by atoms with Crippen molar-refractivity contribution in [2.75, 3.05) is 5.75 Å². The molecule has 6 heteroatoms. The second-order valence-electron chi connectivity index (χ2n) is 2.94. The lowest BCUT2D eigenvalue weighted by molar-refractivity contribution is 0.0943. The minimum Gasteiger partial charge on any atom is -0.268 e. The summed E-state index contributed by atoms with van der Waals surface area (Å²) in [5, 5.41) is 0. The van der Waals surface area contributed by atoms with Crippen molar-refractivity contribution in [3.63, 3.8) is 0 Å². The fraction of sp³-hybridized carbons (Fsp3) is 0.100. The Balaban J connectivity index is 2.58. The molecule has 0 fully saturated rings. The number of nitrogens with one attached hydrogen (secondary N) is 1. The van der Waals surface area contributed by atoms with Crippen LogP contribution in [0.5, 0.6) is 0 Å². The highest BCUT2D eigenvalue weighted by Crippen LogP contribution is 1.97. The molecule has 0 saturated heterocycles. The average molecular weight is 239 g/mol. The summed E-state index contributed by atoms with van der Waals surface area (Å²) in [7, 11) is -3.66. The number of carbonyl (C=O) groups excluding carboxylic acids is 1. The molecular formula is C10H11N2O3S. The maximum absolute atomic E-state index is 11.4. The van der Waals surface area contributed by atoms with Gasteiger partial charge in [-0.25, -0.2) is 8.42 Å². The lowest BCUT2D eigenvalue weighted by Gasteiger charge is -2.03. The molecule has 1 aromatic carbocycles. The maximum Gasteiger partial charge on any atom is 0.267 e. The van der Waals surface area contributed by atoms with E-state index >= 15 is 0 Å². The van der Waals surface area contributed by atoms with E-state index in [2.05, 4.69) is 11.4 Å². The van der Waals surface area contributed by atoms with Gasteiger partial charge in [-0.2, -0.15) is 0 Å². The van der Waals surface area contributed by atoms with Gasteiger partial charge in [0.1, 0.15) is 0 Å². The molecule has 1 aromatic rings. The van der Waals surface area contributed by atoms with Crippen molar-refractivity contribution in [1.29, 1.82) is 0 Å². The van der Waals surface area contributed by atoms with Crippen LogP contribution in [0.4, 0.5) is 0 Å². The van der Waals surface area contributed by atoms with Gasteiger partial charge in [-0.15, -0.1) is 6.58 Å². The van der Waals surface area contributed by atoms with Crippen LogP contribution in [-0.4, -0.2) is 20.1 Å². The van der Waals surface area contributed by atoms with Crippen LogP contribution in [0.2, 0.25) is 0 Å². The van der Waals surface area contributed by atoms with E-state index in [9.17, 15) is 13.2 Å². The van der Waals surface area contributed by atoms with E-state index in [1.54, 1.807) is 30.3 Å². The molecule has 1 N–H and O–H groups in total. The smallest absolute Gasteiger partial charge is 0.267 e. The maximum atomic E-state index is 11.4. The average Bonchev–Trinajstić information content (AvgIpc) is 2.27. The Morgan fingerprint density at radius 2 is 2.00 bits per heavy atom. The minimum atomic E-state index is -3.66. The summed E-state index contributed by atoms with van der Waals surface area (Å²) in [6.07, 6.45) is 1.20. The number of rotatable bonds is 5. The van der Waals surface area contributed by atoms with Crippen molar-refractivity contribution in [2.45, 2.75) is 0 Å². The van der Waals surface area contributed by atoms with Gasteiger partial charge < -0.3 is 0 Å². The van der Waals surface area contributed by atoms with Gasteiger partial charge in [0.25, 0.3) is 15.9 Å². The fourth-order valence-electron chi connectivity index (χ4n) is 0.951. The third-order valence-corrected chi connectivity index (χ3v) is 2.68. The van der Waals surface area contributed by atoms with Crippen molar-refractivity contribution in [2.24, 2.45) is 0 Å². The zero-order valence-corrected chi connectivity index (χ0v) is 9.28. The van der Waals surface area contributed by atoms with Gasteiger partial charge in [0, 0.05) is 5.56 Å². The van der Waals surface area contributed by atoms with Crippen LogP contribution in [-0.2, 0) is 10.0 Å². The van der Waals surface area contributed by atoms with Gasteiger partial charge in [0.05, 0.1) is 5.75 Å². The number of amides is 1. The highest BCUT2D eigenvalue weighted by molar-refractivity contribution is 7.89. The van der Waals surface area contributed by atoms with Gasteiger partial charge in [-0.05, 0) is 17.0 Å². The molecule has 0 bridgehead atoms. The summed E-state index contributed by atoms with van der Waals surface area (Å²) in [5.74, 6) is -0.865. The lowest BCUT2D eigenvalue weighted by atomic mass is 10.2. The normalized spacial score (nSPS) is 10.8. The molecular weight excluding hydrogens is 228 g/mol. The summed E-state index contributed by atoms with van der Waals surface area (Å²) in [5.41, 5.74) is 2.32. The summed E-state index contributed by atoms with van der Waals surface area (Å²) in [4.78, 5) is 14.5. The molecule has 0 aromatic heterocycles. The highest BCUT2D eigenvalue weighted by Gasteiger charge is 2.12. The number of hydrogen-bond donors (Lipinski definition) is 1. The topological polar surface area (TPSA) is 77.3 Å². The first kappa shape index (κ1) is 12.4. The molecule has 0 atom stereocenters. The molecule has 1 rings (SSSR count). The Bertz CT molecular complexity index is 468. The highest BCUT2D eigenvalue weighted by atomic mass is 32.2. The molecule has 1 radical (unpaired) electrons. The predicted molar refractivity (Wildman–Crippen MR) is 60.0 cm³/mol. The van der Waals surface area contributed by atoms with Crippen molar-refractivity contribution in [3.05, 3.63) is 48.6 Å². The third kappa shape index (κ3) is 3.84. The molecule has 0 aliphatic heterocycles. The number of carbonyl (C=O) groups is 1. The van der Waals surface area contributed by atoms with Crippen molar-refractivity contribution in [1.82, 2.24) is 10.3 Å².